The van der Waals surface area contributed by atoms with E-state index >= 15 is 0 Å². The SMILES string of the molecule is N#CSc1cccc2sc(N)nc12. The molecule has 1 heterocycles. The highest BCUT2D eigenvalue weighted by atomic mass is 32.2. The highest BCUT2D eigenvalue weighted by Gasteiger charge is 2.05. The average Bonchev–Trinajstić information content (AvgIpc) is 2.47. The van der Waals surface area contributed by atoms with Crippen molar-refractivity contribution in [3.8, 4) is 5.40 Å². The van der Waals surface area contributed by atoms with Gasteiger partial charge in [0.1, 0.15) is 5.40 Å². The van der Waals surface area contributed by atoms with E-state index in [1.807, 2.05) is 23.6 Å². The molecular formula is C8H5N3S2. The normalized spacial score (nSPS) is 10.1. The Morgan fingerprint density at radius 1 is 1.54 bits per heavy atom. The van der Waals surface area contributed by atoms with E-state index in [-0.39, 0.29) is 0 Å². The average molecular weight is 207 g/mol. The molecule has 0 saturated carbocycles. The van der Waals surface area contributed by atoms with Crippen LogP contribution in [0, 0.1) is 10.7 Å². The molecule has 13 heavy (non-hydrogen) atoms. The lowest BCUT2D eigenvalue weighted by Crippen LogP contribution is -1.80. The van der Waals surface area contributed by atoms with E-state index in [2.05, 4.69) is 4.98 Å². The van der Waals surface area contributed by atoms with Crippen molar-refractivity contribution in [1.29, 1.82) is 5.26 Å². The maximum atomic E-state index is 8.54. The number of nitrogen functional groups attached to an aromatic ring is 1. The monoisotopic (exact) mass is 207 g/mol. The molecule has 0 spiro atoms. The van der Waals surface area contributed by atoms with Crippen LogP contribution in [0.5, 0.6) is 0 Å². The van der Waals surface area contributed by atoms with Crippen molar-refractivity contribution in [2.45, 2.75) is 4.90 Å². The lowest BCUT2D eigenvalue weighted by atomic mass is 10.3. The van der Waals surface area contributed by atoms with Gasteiger partial charge in [0.2, 0.25) is 0 Å². The van der Waals surface area contributed by atoms with Gasteiger partial charge in [-0.2, -0.15) is 5.26 Å². The van der Waals surface area contributed by atoms with Crippen LogP contribution in [0.15, 0.2) is 23.1 Å². The van der Waals surface area contributed by atoms with Crippen LogP contribution < -0.4 is 5.73 Å². The number of anilines is 1. The van der Waals surface area contributed by atoms with Crippen LogP contribution in [0.2, 0.25) is 0 Å². The summed E-state index contributed by atoms with van der Waals surface area (Å²) in [5.74, 6) is 0. The Morgan fingerprint density at radius 3 is 3.15 bits per heavy atom. The second kappa shape index (κ2) is 3.24. The van der Waals surface area contributed by atoms with Crippen LogP contribution in [0.3, 0.4) is 0 Å². The van der Waals surface area contributed by atoms with E-state index in [9.17, 15) is 0 Å². The van der Waals surface area contributed by atoms with Gasteiger partial charge in [0, 0.05) is 4.90 Å². The standard InChI is InChI=1S/C8H5N3S2/c9-4-12-5-2-1-3-6-7(5)11-8(10)13-6/h1-3H,(H2,10,11). The van der Waals surface area contributed by atoms with Crippen LogP contribution in [-0.4, -0.2) is 4.98 Å². The summed E-state index contributed by atoms with van der Waals surface area (Å²) in [6, 6.07) is 5.72. The van der Waals surface area contributed by atoms with Gasteiger partial charge in [-0.25, -0.2) is 4.98 Å². The molecule has 2 aromatic rings. The van der Waals surface area contributed by atoms with E-state index in [1.54, 1.807) is 0 Å². The number of fused-ring (bicyclic) bond motifs is 1. The fraction of sp³-hybridized carbons (Fsp3) is 0. The highest BCUT2D eigenvalue weighted by Crippen LogP contribution is 2.31. The summed E-state index contributed by atoms with van der Waals surface area (Å²) >= 11 is 2.55. The van der Waals surface area contributed by atoms with Gasteiger partial charge >= 0.3 is 0 Å². The number of nitriles is 1. The summed E-state index contributed by atoms with van der Waals surface area (Å²) in [5.41, 5.74) is 6.40. The maximum absolute atomic E-state index is 8.54. The van der Waals surface area contributed by atoms with Crippen LogP contribution in [0.4, 0.5) is 5.13 Å². The van der Waals surface area contributed by atoms with Crippen molar-refractivity contribution >= 4 is 38.4 Å². The maximum Gasteiger partial charge on any atom is 0.181 e. The first-order chi connectivity index (χ1) is 6.31. The molecule has 0 aliphatic heterocycles. The Hall–Kier alpha value is -1.25. The van der Waals surface area contributed by atoms with Gasteiger partial charge in [0.05, 0.1) is 10.2 Å². The Labute approximate surface area is 83.2 Å². The number of thiazole rings is 1. The number of para-hydroxylation sites is 1. The molecule has 64 valence electrons. The number of hydrogen-bond donors (Lipinski definition) is 1. The van der Waals surface area contributed by atoms with Gasteiger partial charge in [0.15, 0.2) is 5.13 Å². The molecule has 2 N–H and O–H groups in total. The molecule has 2 rings (SSSR count). The Bertz CT molecular complexity index is 484. The molecule has 0 aliphatic carbocycles. The second-order valence-corrected chi connectivity index (χ2v) is 4.24. The minimum Gasteiger partial charge on any atom is -0.375 e. The zero-order valence-electron chi connectivity index (χ0n) is 6.52. The molecule has 0 unspecified atom stereocenters. The van der Waals surface area contributed by atoms with Crippen LogP contribution >= 0.6 is 23.1 Å². The molecular weight excluding hydrogens is 202 g/mol. The van der Waals surface area contributed by atoms with E-state index in [0.29, 0.717) is 5.13 Å². The molecule has 1 aromatic carbocycles. The predicted octanol–water partition coefficient (Wildman–Crippen LogP) is 2.45. The summed E-state index contributed by atoms with van der Waals surface area (Å²) in [6.45, 7) is 0. The molecule has 0 radical (unpaired) electrons. The van der Waals surface area contributed by atoms with E-state index in [0.717, 1.165) is 26.9 Å². The summed E-state index contributed by atoms with van der Waals surface area (Å²) in [7, 11) is 0. The van der Waals surface area contributed by atoms with Gasteiger partial charge < -0.3 is 5.73 Å². The molecule has 0 fully saturated rings. The number of nitrogens with two attached hydrogens (primary N) is 1. The highest BCUT2D eigenvalue weighted by molar-refractivity contribution is 8.04. The molecule has 0 saturated heterocycles. The summed E-state index contributed by atoms with van der Waals surface area (Å²) in [6.07, 6.45) is 0. The Kier molecular flexibility index (Phi) is 2.08. The van der Waals surface area contributed by atoms with Gasteiger partial charge in [-0.3, -0.25) is 0 Å². The van der Waals surface area contributed by atoms with Gasteiger partial charge in [-0.1, -0.05) is 17.4 Å². The zero-order chi connectivity index (χ0) is 9.26. The molecule has 3 nitrogen and oxygen atoms in total. The third-order valence-electron chi connectivity index (χ3n) is 1.55. The lowest BCUT2D eigenvalue weighted by molar-refractivity contribution is 1.42. The smallest absolute Gasteiger partial charge is 0.181 e. The van der Waals surface area contributed by atoms with Crippen LogP contribution in [-0.2, 0) is 0 Å². The van der Waals surface area contributed by atoms with Crippen molar-refractivity contribution in [3.63, 3.8) is 0 Å². The Balaban J connectivity index is 2.69. The number of hydrogen-bond acceptors (Lipinski definition) is 5. The summed E-state index contributed by atoms with van der Waals surface area (Å²) < 4.78 is 1.03. The molecule has 0 bridgehead atoms. The number of rotatable bonds is 1. The molecule has 0 amide bonds. The first kappa shape index (κ1) is 8.35. The molecule has 0 aliphatic rings. The third-order valence-corrected chi connectivity index (χ3v) is 3.04. The third kappa shape index (κ3) is 1.46. The molecule has 1 aromatic heterocycles. The van der Waals surface area contributed by atoms with Crippen LogP contribution in [0.1, 0.15) is 0 Å². The lowest BCUT2D eigenvalue weighted by Gasteiger charge is -1.92. The number of benzene rings is 1. The molecule has 0 atom stereocenters. The first-order valence-electron chi connectivity index (χ1n) is 3.52. The minimum absolute atomic E-state index is 0.543. The fourth-order valence-electron chi connectivity index (χ4n) is 1.07. The minimum atomic E-state index is 0.543. The largest absolute Gasteiger partial charge is 0.375 e. The fourth-order valence-corrected chi connectivity index (χ4v) is 2.39. The summed E-state index contributed by atoms with van der Waals surface area (Å²) in [4.78, 5) is 5.02. The summed E-state index contributed by atoms with van der Waals surface area (Å²) in [5, 5.41) is 11.1. The quantitative estimate of drug-likeness (QED) is 0.576. The zero-order valence-corrected chi connectivity index (χ0v) is 8.15. The first-order valence-corrected chi connectivity index (χ1v) is 5.15. The number of aromatic nitrogens is 1. The topological polar surface area (TPSA) is 62.7 Å². The van der Waals surface area contributed by atoms with Gasteiger partial charge in [0.25, 0.3) is 0 Å². The second-order valence-electron chi connectivity index (χ2n) is 2.35. The van der Waals surface area contributed by atoms with Crippen molar-refractivity contribution in [1.82, 2.24) is 4.98 Å². The van der Waals surface area contributed by atoms with Crippen molar-refractivity contribution in [3.05, 3.63) is 18.2 Å². The van der Waals surface area contributed by atoms with Gasteiger partial charge in [-0.05, 0) is 23.9 Å². The van der Waals surface area contributed by atoms with Crippen molar-refractivity contribution in [2.75, 3.05) is 5.73 Å². The van der Waals surface area contributed by atoms with Gasteiger partial charge in [-0.15, -0.1) is 0 Å². The van der Waals surface area contributed by atoms with Crippen LogP contribution in [0.25, 0.3) is 10.2 Å². The number of thioether (sulfide) groups is 1. The molecule has 5 heteroatoms. The van der Waals surface area contributed by atoms with E-state index in [4.69, 9.17) is 11.0 Å². The van der Waals surface area contributed by atoms with Crippen molar-refractivity contribution in [2.24, 2.45) is 0 Å². The Morgan fingerprint density at radius 2 is 2.38 bits per heavy atom. The van der Waals surface area contributed by atoms with E-state index in [1.165, 1.54) is 11.3 Å². The predicted molar refractivity (Wildman–Crippen MR) is 55.5 cm³/mol. The number of thiocyanates is 1. The van der Waals surface area contributed by atoms with E-state index < -0.39 is 0 Å². The van der Waals surface area contributed by atoms with Crippen molar-refractivity contribution < 1.29 is 0 Å². The number of nitrogens with zero attached hydrogens (tertiary/aromatic N) is 2.